The van der Waals surface area contributed by atoms with Crippen LogP contribution in [0.5, 0.6) is 0 Å². The summed E-state index contributed by atoms with van der Waals surface area (Å²) in [5.74, 6) is 0. The Morgan fingerprint density at radius 1 is 0.360 bits per heavy atom. The van der Waals surface area contributed by atoms with Crippen LogP contribution in [0.1, 0.15) is 33.4 Å². The van der Waals surface area contributed by atoms with Crippen LogP contribution < -0.4 is 15.6 Å². The minimum absolute atomic E-state index is 1.36. The van der Waals surface area contributed by atoms with Gasteiger partial charge in [0.25, 0.3) is 0 Å². The fourth-order valence-electron chi connectivity index (χ4n) is 4.11. The molecule has 0 aliphatic rings. The van der Waals surface area contributed by atoms with Crippen LogP contribution in [0.4, 0.5) is 0 Å². The molecular formula is C24H28Si. The summed E-state index contributed by atoms with van der Waals surface area (Å²) >= 11 is 0. The van der Waals surface area contributed by atoms with Crippen LogP contribution in [0.2, 0.25) is 0 Å². The Bertz CT molecular complexity index is 738. The minimum Gasteiger partial charge on any atom is -0.0596 e. The molecule has 0 heterocycles. The lowest BCUT2D eigenvalue weighted by Gasteiger charge is -2.21. The van der Waals surface area contributed by atoms with E-state index in [9.17, 15) is 0 Å². The summed E-state index contributed by atoms with van der Waals surface area (Å²) in [6.45, 7) is 13.3. The van der Waals surface area contributed by atoms with Gasteiger partial charge < -0.3 is 0 Å². The van der Waals surface area contributed by atoms with Gasteiger partial charge in [-0.05, 0) is 41.5 Å². The molecule has 0 unspecified atom stereocenters. The van der Waals surface area contributed by atoms with Crippen LogP contribution in [0.25, 0.3) is 0 Å². The molecule has 3 aromatic carbocycles. The fraction of sp³-hybridized carbons (Fsp3) is 0.250. The van der Waals surface area contributed by atoms with Crippen molar-refractivity contribution >= 4 is 24.4 Å². The Morgan fingerprint density at radius 2 is 0.560 bits per heavy atom. The Kier molecular flexibility index (Phi) is 4.96. The molecule has 0 N–H and O–H groups in total. The number of hydrogen-bond acceptors (Lipinski definition) is 0. The van der Waals surface area contributed by atoms with Crippen LogP contribution >= 0.6 is 0 Å². The third-order valence-corrected chi connectivity index (χ3v) is 7.73. The SMILES string of the molecule is Cc1cc(C)cc([SiH](c2cc(C)cc(C)c2)c2cc(C)cc(C)c2)c1. The molecule has 0 nitrogen and oxygen atoms in total. The highest BCUT2D eigenvalue weighted by Gasteiger charge is 2.20. The first kappa shape index (κ1) is 17.7. The summed E-state index contributed by atoms with van der Waals surface area (Å²) in [4.78, 5) is 0. The predicted octanol–water partition coefficient (Wildman–Crippen LogP) is 3.79. The van der Waals surface area contributed by atoms with Crippen LogP contribution in [0.3, 0.4) is 0 Å². The van der Waals surface area contributed by atoms with Crippen LogP contribution in [0.15, 0.2) is 54.6 Å². The Hall–Kier alpha value is -2.12. The summed E-state index contributed by atoms with van der Waals surface area (Å²) in [6, 6.07) is 21.2. The molecule has 0 aromatic heterocycles. The number of hydrogen-bond donors (Lipinski definition) is 0. The standard InChI is InChI=1S/C24H28Si/c1-16-7-17(2)11-22(10-16)25(23-12-18(3)8-19(4)13-23)24-14-20(5)9-21(6)15-24/h7-15,25H,1-6H3. The smallest absolute Gasteiger partial charge is 0.0596 e. The maximum atomic E-state index is 2.40. The second-order valence-corrected chi connectivity index (χ2v) is 10.6. The molecule has 0 aliphatic heterocycles. The van der Waals surface area contributed by atoms with Crippen LogP contribution in [-0.4, -0.2) is 8.80 Å². The molecule has 0 atom stereocenters. The lowest BCUT2D eigenvalue weighted by molar-refractivity contribution is 1.39. The molecule has 0 saturated carbocycles. The van der Waals surface area contributed by atoms with Gasteiger partial charge in [0.1, 0.15) is 8.80 Å². The van der Waals surface area contributed by atoms with E-state index in [2.05, 4.69) is 96.1 Å². The maximum Gasteiger partial charge on any atom is 0.133 e. The van der Waals surface area contributed by atoms with Gasteiger partial charge in [0.2, 0.25) is 0 Å². The third kappa shape index (κ3) is 4.11. The van der Waals surface area contributed by atoms with Crippen molar-refractivity contribution in [3.63, 3.8) is 0 Å². The van der Waals surface area contributed by atoms with E-state index < -0.39 is 8.80 Å². The van der Waals surface area contributed by atoms with E-state index in [0.717, 1.165) is 0 Å². The van der Waals surface area contributed by atoms with Gasteiger partial charge in [-0.1, -0.05) is 104 Å². The highest BCUT2D eigenvalue weighted by Crippen LogP contribution is 2.08. The second kappa shape index (κ2) is 7.01. The third-order valence-electron chi connectivity index (χ3n) is 4.73. The van der Waals surface area contributed by atoms with Crippen molar-refractivity contribution in [3.8, 4) is 0 Å². The van der Waals surface area contributed by atoms with E-state index in [1.165, 1.54) is 48.9 Å². The zero-order valence-corrected chi connectivity index (χ0v) is 17.4. The van der Waals surface area contributed by atoms with E-state index in [-0.39, 0.29) is 0 Å². The molecule has 0 saturated heterocycles. The molecule has 128 valence electrons. The number of aryl methyl sites for hydroxylation is 6. The van der Waals surface area contributed by atoms with Crippen molar-refractivity contribution < 1.29 is 0 Å². The molecule has 1 heteroatoms. The molecule has 3 aromatic rings. The zero-order valence-electron chi connectivity index (χ0n) is 16.3. The average molecular weight is 345 g/mol. The fourth-order valence-corrected chi connectivity index (χ4v) is 7.84. The normalized spacial score (nSPS) is 11.2. The topological polar surface area (TPSA) is 0 Å². The number of rotatable bonds is 3. The molecule has 0 spiro atoms. The van der Waals surface area contributed by atoms with E-state index in [1.54, 1.807) is 0 Å². The van der Waals surface area contributed by atoms with Gasteiger partial charge >= 0.3 is 0 Å². The van der Waals surface area contributed by atoms with E-state index in [4.69, 9.17) is 0 Å². The predicted molar refractivity (Wildman–Crippen MR) is 114 cm³/mol. The highest BCUT2D eigenvalue weighted by molar-refractivity contribution is 6.95. The van der Waals surface area contributed by atoms with Crippen LogP contribution in [-0.2, 0) is 0 Å². The summed E-state index contributed by atoms with van der Waals surface area (Å²) in [5.41, 5.74) is 8.17. The monoisotopic (exact) mass is 344 g/mol. The molecular weight excluding hydrogens is 316 g/mol. The van der Waals surface area contributed by atoms with Crippen molar-refractivity contribution in [2.75, 3.05) is 0 Å². The highest BCUT2D eigenvalue weighted by atomic mass is 28.3. The maximum absolute atomic E-state index is 2.40. The van der Waals surface area contributed by atoms with Crippen molar-refractivity contribution in [2.24, 2.45) is 0 Å². The summed E-state index contributed by atoms with van der Waals surface area (Å²) in [7, 11) is -1.48. The van der Waals surface area contributed by atoms with Crippen molar-refractivity contribution in [1.82, 2.24) is 0 Å². The van der Waals surface area contributed by atoms with E-state index in [0.29, 0.717) is 0 Å². The quantitative estimate of drug-likeness (QED) is 0.501. The lowest BCUT2D eigenvalue weighted by atomic mass is 10.1. The summed E-state index contributed by atoms with van der Waals surface area (Å²) in [5, 5.41) is 4.56. The molecule has 3 rings (SSSR count). The number of benzene rings is 3. The van der Waals surface area contributed by atoms with Crippen molar-refractivity contribution in [2.45, 2.75) is 41.5 Å². The molecule has 25 heavy (non-hydrogen) atoms. The largest absolute Gasteiger partial charge is 0.133 e. The first-order valence-electron chi connectivity index (χ1n) is 9.06. The van der Waals surface area contributed by atoms with Crippen molar-refractivity contribution in [3.05, 3.63) is 88.0 Å². The van der Waals surface area contributed by atoms with Gasteiger partial charge in [0.05, 0.1) is 0 Å². The molecule has 0 bridgehead atoms. The van der Waals surface area contributed by atoms with Gasteiger partial charge in [-0.15, -0.1) is 0 Å². The molecule has 0 aliphatic carbocycles. The van der Waals surface area contributed by atoms with Gasteiger partial charge in [0, 0.05) is 0 Å². The first-order chi connectivity index (χ1) is 11.8. The van der Waals surface area contributed by atoms with Gasteiger partial charge in [-0.2, -0.15) is 0 Å². The minimum atomic E-state index is -1.48. The zero-order chi connectivity index (χ0) is 18.1. The molecule has 0 radical (unpaired) electrons. The Morgan fingerprint density at radius 3 is 0.760 bits per heavy atom. The van der Waals surface area contributed by atoms with Gasteiger partial charge in [-0.25, -0.2) is 0 Å². The first-order valence-corrected chi connectivity index (χ1v) is 10.8. The molecule has 0 fully saturated rings. The lowest BCUT2D eigenvalue weighted by Crippen LogP contribution is -2.52. The Balaban J connectivity index is 2.27. The Labute approximate surface area is 154 Å². The van der Waals surface area contributed by atoms with E-state index in [1.807, 2.05) is 0 Å². The van der Waals surface area contributed by atoms with Gasteiger partial charge in [-0.3, -0.25) is 0 Å². The molecule has 0 amide bonds. The van der Waals surface area contributed by atoms with Crippen LogP contribution in [0, 0.1) is 41.5 Å². The summed E-state index contributed by atoms with van der Waals surface area (Å²) < 4.78 is 0. The van der Waals surface area contributed by atoms with E-state index >= 15 is 0 Å². The van der Waals surface area contributed by atoms with Crippen molar-refractivity contribution in [1.29, 1.82) is 0 Å². The average Bonchev–Trinajstić information content (AvgIpc) is 2.44. The van der Waals surface area contributed by atoms with Gasteiger partial charge in [0.15, 0.2) is 0 Å². The second-order valence-electron chi connectivity index (χ2n) is 7.70. The summed E-state index contributed by atoms with van der Waals surface area (Å²) in [6.07, 6.45) is 0.